The molecule has 144 valence electrons. The fourth-order valence-electron chi connectivity index (χ4n) is 2.63. The summed E-state index contributed by atoms with van der Waals surface area (Å²) in [7, 11) is 1.63. The summed E-state index contributed by atoms with van der Waals surface area (Å²) in [6, 6.07) is 18.7. The van der Waals surface area contributed by atoms with Gasteiger partial charge in [-0.15, -0.1) is 0 Å². The summed E-state index contributed by atoms with van der Waals surface area (Å²) in [4.78, 5) is 17.1. The molecule has 0 aliphatic carbocycles. The summed E-state index contributed by atoms with van der Waals surface area (Å²) in [6.07, 6.45) is -0.115. The van der Waals surface area contributed by atoms with Crippen molar-refractivity contribution in [3.05, 3.63) is 81.2 Å². The zero-order valence-corrected chi connectivity index (χ0v) is 18.1. The number of hydrogen-bond acceptors (Lipinski definition) is 4. The molecular formula is C22H21IN2O3. The number of nitrogens with zero attached hydrogens (tertiary/aromatic N) is 1. The molecule has 5 nitrogen and oxygen atoms in total. The van der Waals surface area contributed by atoms with Crippen LogP contribution >= 0.6 is 22.6 Å². The number of aryl methyl sites for hydroxylation is 1. The van der Waals surface area contributed by atoms with Gasteiger partial charge in [0.2, 0.25) is 0 Å². The van der Waals surface area contributed by atoms with Gasteiger partial charge in [0.25, 0.3) is 5.91 Å². The normalized spacial score (nSPS) is 11.7. The van der Waals surface area contributed by atoms with Gasteiger partial charge in [0.15, 0.2) is 0 Å². The number of anilines is 1. The summed E-state index contributed by atoms with van der Waals surface area (Å²) in [5, 5.41) is 2.90. The Morgan fingerprint density at radius 2 is 1.79 bits per heavy atom. The van der Waals surface area contributed by atoms with E-state index in [4.69, 9.17) is 9.47 Å². The molecule has 0 saturated heterocycles. The third-order valence-electron chi connectivity index (χ3n) is 4.30. The van der Waals surface area contributed by atoms with Crippen LogP contribution in [-0.2, 0) is 4.74 Å². The number of carbonyl (C=O) groups excluding carboxylic acids is 1. The van der Waals surface area contributed by atoms with Crippen molar-refractivity contribution in [2.45, 2.75) is 20.0 Å². The lowest BCUT2D eigenvalue weighted by atomic mass is 10.1. The van der Waals surface area contributed by atoms with Crippen LogP contribution in [0.5, 0.6) is 11.5 Å². The maximum Gasteiger partial charge on any atom is 0.257 e. The van der Waals surface area contributed by atoms with Crippen LogP contribution in [0.25, 0.3) is 0 Å². The van der Waals surface area contributed by atoms with Gasteiger partial charge in [-0.1, -0.05) is 12.1 Å². The highest BCUT2D eigenvalue weighted by atomic mass is 127. The topological polar surface area (TPSA) is 60.5 Å². The number of hydrogen-bond donors (Lipinski definition) is 1. The molecule has 28 heavy (non-hydrogen) atoms. The first-order valence-electron chi connectivity index (χ1n) is 8.82. The van der Waals surface area contributed by atoms with Crippen molar-refractivity contribution in [3.8, 4) is 11.5 Å². The van der Waals surface area contributed by atoms with Gasteiger partial charge in [-0.05, 0) is 85.0 Å². The molecule has 1 N–H and O–H groups in total. The summed E-state index contributed by atoms with van der Waals surface area (Å²) in [5.41, 5.74) is 2.69. The highest BCUT2D eigenvalue weighted by Gasteiger charge is 2.13. The van der Waals surface area contributed by atoms with Crippen molar-refractivity contribution >= 4 is 34.2 Å². The van der Waals surface area contributed by atoms with E-state index in [0.717, 1.165) is 15.0 Å². The van der Waals surface area contributed by atoms with Gasteiger partial charge >= 0.3 is 0 Å². The standard InChI is InChI=1S/C22H21IN2O3/c1-14-18(12-13-20(24-14)15(2)27-3)22(26)25-16-8-10-17(11-9-16)28-21-7-5-4-6-19(21)23/h4-13,15H,1-3H3,(H,25,26). The van der Waals surface area contributed by atoms with Crippen LogP contribution in [0.3, 0.4) is 0 Å². The van der Waals surface area contributed by atoms with E-state index in [-0.39, 0.29) is 12.0 Å². The van der Waals surface area contributed by atoms with Gasteiger partial charge in [-0.3, -0.25) is 9.78 Å². The number of nitrogens with one attached hydrogen (secondary N) is 1. The number of carbonyl (C=O) groups is 1. The number of para-hydroxylation sites is 1. The molecule has 1 atom stereocenters. The predicted molar refractivity (Wildman–Crippen MR) is 118 cm³/mol. The molecule has 0 aliphatic rings. The van der Waals surface area contributed by atoms with Crippen molar-refractivity contribution in [1.82, 2.24) is 4.98 Å². The zero-order valence-electron chi connectivity index (χ0n) is 15.9. The van der Waals surface area contributed by atoms with E-state index in [2.05, 4.69) is 32.9 Å². The summed E-state index contributed by atoms with van der Waals surface area (Å²) in [5.74, 6) is 1.30. The molecule has 1 aromatic heterocycles. The molecule has 0 spiro atoms. The Morgan fingerprint density at radius 1 is 1.07 bits per heavy atom. The minimum absolute atomic E-state index is 0.115. The Hall–Kier alpha value is -2.45. The van der Waals surface area contributed by atoms with Crippen LogP contribution < -0.4 is 10.1 Å². The number of rotatable bonds is 6. The Labute approximate surface area is 178 Å². The minimum Gasteiger partial charge on any atom is -0.456 e. The van der Waals surface area contributed by atoms with Crippen LogP contribution in [0.15, 0.2) is 60.7 Å². The number of aromatic nitrogens is 1. The third kappa shape index (κ3) is 4.88. The third-order valence-corrected chi connectivity index (χ3v) is 5.19. The highest BCUT2D eigenvalue weighted by molar-refractivity contribution is 14.1. The van der Waals surface area contributed by atoms with E-state index in [1.54, 1.807) is 13.2 Å². The highest BCUT2D eigenvalue weighted by Crippen LogP contribution is 2.27. The predicted octanol–water partition coefficient (Wildman–Crippen LogP) is 5.75. The van der Waals surface area contributed by atoms with Crippen molar-refractivity contribution in [3.63, 3.8) is 0 Å². The van der Waals surface area contributed by atoms with Gasteiger partial charge in [0, 0.05) is 12.8 Å². The van der Waals surface area contributed by atoms with Crippen molar-refractivity contribution in [1.29, 1.82) is 0 Å². The molecule has 0 bridgehead atoms. The van der Waals surface area contributed by atoms with E-state index in [9.17, 15) is 4.79 Å². The first-order valence-corrected chi connectivity index (χ1v) is 9.90. The van der Waals surface area contributed by atoms with Crippen molar-refractivity contribution in [2.24, 2.45) is 0 Å². The lowest BCUT2D eigenvalue weighted by Gasteiger charge is -2.12. The second kappa shape index (κ2) is 9.16. The molecule has 0 radical (unpaired) electrons. The number of ether oxygens (including phenoxy) is 2. The zero-order chi connectivity index (χ0) is 20.1. The molecule has 0 aliphatic heterocycles. The van der Waals surface area contributed by atoms with Crippen LogP contribution in [0, 0.1) is 10.5 Å². The number of pyridine rings is 1. The fraction of sp³-hybridized carbons (Fsp3) is 0.182. The Bertz CT molecular complexity index is 974. The average molecular weight is 488 g/mol. The van der Waals surface area contributed by atoms with Gasteiger partial charge in [-0.2, -0.15) is 0 Å². The number of methoxy groups -OCH3 is 1. The first-order chi connectivity index (χ1) is 13.5. The Morgan fingerprint density at radius 3 is 2.43 bits per heavy atom. The van der Waals surface area contributed by atoms with Crippen LogP contribution in [0.2, 0.25) is 0 Å². The summed E-state index contributed by atoms with van der Waals surface area (Å²) in [6.45, 7) is 3.74. The lowest BCUT2D eigenvalue weighted by molar-refractivity contribution is 0.102. The first kappa shape index (κ1) is 20.3. The quantitative estimate of drug-likeness (QED) is 0.450. The largest absolute Gasteiger partial charge is 0.456 e. The molecule has 2 aromatic carbocycles. The molecular weight excluding hydrogens is 467 g/mol. The molecule has 3 rings (SSSR count). The minimum atomic E-state index is -0.201. The number of amides is 1. The molecule has 1 heterocycles. The van der Waals surface area contributed by atoms with E-state index in [1.807, 2.05) is 68.4 Å². The molecule has 0 fully saturated rings. The number of halogens is 1. The van der Waals surface area contributed by atoms with Gasteiger partial charge < -0.3 is 14.8 Å². The van der Waals surface area contributed by atoms with Gasteiger partial charge in [0.1, 0.15) is 11.5 Å². The van der Waals surface area contributed by atoms with E-state index in [1.165, 1.54) is 0 Å². The van der Waals surface area contributed by atoms with Gasteiger partial charge in [0.05, 0.1) is 26.6 Å². The molecule has 1 amide bonds. The fourth-order valence-corrected chi connectivity index (χ4v) is 3.12. The lowest BCUT2D eigenvalue weighted by Crippen LogP contribution is -2.15. The van der Waals surface area contributed by atoms with Crippen LogP contribution in [0.1, 0.15) is 34.8 Å². The Kier molecular flexibility index (Phi) is 6.64. The monoisotopic (exact) mass is 488 g/mol. The second-order valence-corrected chi connectivity index (χ2v) is 7.42. The number of benzene rings is 2. The van der Waals surface area contributed by atoms with E-state index in [0.29, 0.717) is 22.7 Å². The Balaban J connectivity index is 1.68. The summed E-state index contributed by atoms with van der Waals surface area (Å²) < 4.78 is 12.2. The molecule has 6 heteroatoms. The van der Waals surface area contributed by atoms with Crippen LogP contribution in [0.4, 0.5) is 5.69 Å². The van der Waals surface area contributed by atoms with E-state index >= 15 is 0 Å². The average Bonchev–Trinajstić information content (AvgIpc) is 2.70. The SMILES string of the molecule is COC(C)c1ccc(C(=O)Nc2ccc(Oc3ccccc3I)cc2)c(C)n1. The van der Waals surface area contributed by atoms with Gasteiger partial charge in [-0.25, -0.2) is 0 Å². The maximum absolute atomic E-state index is 12.6. The second-order valence-electron chi connectivity index (χ2n) is 6.26. The summed E-state index contributed by atoms with van der Waals surface area (Å²) >= 11 is 2.23. The smallest absolute Gasteiger partial charge is 0.257 e. The van der Waals surface area contributed by atoms with Crippen molar-refractivity contribution < 1.29 is 14.3 Å². The molecule has 1 unspecified atom stereocenters. The molecule has 0 saturated carbocycles. The molecule has 3 aromatic rings. The maximum atomic E-state index is 12.6. The van der Waals surface area contributed by atoms with E-state index < -0.39 is 0 Å². The van der Waals surface area contributed by atoms with Crippen molar-refractivity contribution in [2.75, 3.05) is 12.4 Å². The van der Waals surface area contributed by atoms with Crippen LogP contribution in [-0.4, -0.2) is 18.0 Å².